The molecule has 5 nitrogen and oxygen atoms in total. The van der Waals surface area contributed by atoms with E-state index in [9.17, 15) is 9.59 Å². The van der Waals surface area contributed by atoms with E-state index in [-0.39, 0.29) is 5.92 Å². The lowest BCUT2D eigenvalue weighted by Crippen LogP contribution is -2.35. The van der Waals surface area contributed by atoms with Crippen molar-refractivity contribution in [1.29, 1.82) is 0 Å². The minimum atomic E-state index is -0.821. The topological polar surface area (TPSA) is 67.8 Å². The van der Waals surface area contributed by atoms with Crippen molar-refractivity contribution >= 4 is 17.8 Å². The molecule has 5 heteroatoms. The largest absolute Gasteiger partial charge is 0.443 e. The summed E-state index contributed by atoms with van der Waals surface area (Å²) in [5, 5.41) is 2.00. The number of terminal acetylenes is 1. The summed E-state index contributed by atoms with van der Waals surface area (Å²) < 4.78 is 4.91. The monoisotopic (exact) mass is 236 g/mol. The summed E-state index contributed by atoms with van der Waals surface area (Å²) in [7, 11) is 0. The number of alkyl carbamates (subject to hydrolysis) is 1. The van der Waals surface area contributed by atoms with Crippen LogP contribution >= 0.6 is 0 Å². The lowest BCUT2D eigenvalue weighted by molar-refractivity contribution is 0.0550. The zero-order valence-corrected chi connectivity index (χ0v) is 10.2. The number of aliphatic imine (C=N–C) groups is 1. The van der Waals surface area contributed by atoms with Crippen LogP contribution in [0.1, 0.15) is 33.6 Å². The molecule has 1 N–H and O–H groups in total. The fraction of sp³-hybridized carbons (Fsp3) is 0.583. The van der Waals surface area contributed by atoms with Crippen LogP contribution < -0.4 is 5.32 Å². The summed E-state index contributed by atoms with van der Waals surface area (Å²) in [5.74, 6) is 2.55. The van der Waals surface area contributed by atoms with Crippen LogP contribution in [-0.2, 0) is 4.74 Å². The number of ether oxygens (including phenoxy) is 1. The minimum absolute atomic E-state index is 0.199. The van der Waals surface area contributed by atoms with Crippen molar-refractivity contribution in [2.75, 3.05) is 0 Å². The number of nitrogens with zero attached hydrogens (tertiary/aromatic N) is 1. The average molecular weight is 236 g/mol. The molecule has 3 amide bonds. The highest BCUT2D eigenvalue weighted by Crippen LogP contribution is 2.30. The molecule has 0 aromatic rings. The predicted molar refractivity (Wildman–Crippen MR) is 63.8 cm³/mol. The van der Waals surface area contributed by atoms with Crippen molar-refractivity contribution in [3.8, 4) is 12.3 Å². The molecule has 1 rings (SSSR count). The number of carbonyl (C=O) groups is 2. The van der Waals surface area contributed by atoms with Crippen LogP contribution in [0.2, 0.25) is 0 Å². The van der Waals surface area contributed by atoms with Crippen LogP contribution in [0, 0.1) is 18.3 Å². The molecule has 0 bridgehead atoms. The first kappa shape index (κ1) is 13.2. The van der Waals surface area contributed by atoms with Crippen molar-refractivity contribution in [3.05, 3.63) is 0 Å². The first-order valence-electron chi connectivity index (χ1n) is 5.41. The smallest absolute Gasteiger partial charge is 0.415 e. The Labute approximate surface area is 101 Å². The molecular weight excluding hydrogens is 220 g/mol. The average Bonchev–Trinajstić information content (AvgIpc) is 2.93. The maximum Gasteiger partial charge on any atom is 0.415 e. The first-order chi connectivity index (χ1) is 7.81. The Morgan fingerprint density at radius 1 is 1.41 bits per heavy atom. The van der Waals surface area contributed by atoms with Crippen LogP contribution in [-0.4, -0.2) is 23.4 Å². The second kappa shape index (κ2) is 5.00. The SMILES string of the molecule is C#C/C(=N\C(=O)NC(=O)OC(C)(C)C)C1CC1. The highest BCUT2D eigenvalue weighted by atomic mass is 16.6. The van der Waals surface area contributed by atoms with E-state index in [0.29, 0.717) is 5.71 Å². The van der Waals surface area contributed by atoms with Gasteiger partial charge in [-0.3, -0.25) is 0 Å². The van der Waals surface area contributed by atoms with Crippen LogP contribution in [0.4, 0.5) is 9.59 Å². The summed E-state index contributed by atoms with van der Waals surface area (Å²) in [5.41, 5.74) is -0.259. The van der Waals surface area contributed by atoms with Gasteiger partial charge in [-0.05, 0) is 33.6 Å². The fourth-order valence-corrected chi connectivity index (χ4v) is 1.13. The van der Waals surface area contributed by atoms with Gasteiger partial charge in [-0.2, -0.15) is 4.99 Å². The van der Waals surface area contributed by atoms with Gasteiger partial charge >= 0.3 is 12.1 Å². The second-order valence-electron chi connectivity index (χ2n) is 4.85. The van der Waals surface area contributed by atoms with Gasteiger partial charge in [0.2, 0.25) is 0 Å². The maximum absolute atomic E-state index is 11.3. The molecule has 0 radical (unpaired) electrons. The van der Waals surface area contributed by atoms with Crippen LogP contribution in [0.15, 0.2) is 4.99 Å². The van der Waals surface area contributed by atoms with Gasteiger partial charge in [0.05, 0.1) is 5.71 Å². The Morgan fingerprint density at radius 3 is 2.41 bits per heavy atom. The molecule has 0 aromatic carbocycles. The quantitative estimate of drug-likeness (QED) is 0.560. The Hall–Kier alpha value is -1.83. The Balaban J connectivity index is 2.49. The van der Waals surface area contributed by atoms with E-state index in [0.717, 1.165) is 12.8 Å². The standard InChI is InChI=1S/C12H16N2O3/c1-5-9(8-6-7-8)13-10(15)14-11(16)17-12(2,3)4/h1,8H,6-7H2,2-4H3,(H,14,15,16)/b13-9+. The third-order valence-corrected chi connectivity index (χ3v) is 1.94. The summed E-state index contributed by atoms with van der Waals surface area (Å²) in [4.78, 5) is 26.3. The highest BCUT2D eigenvalue weighted by Gasteiger charge is 2.27. The molecule has 1 aliphatic carbocycles. The first-order valence-corrected chi connectivity index (χ1v) is 5.41. The number of hydrogen-bond donors (Lipinski definition) is 1. The van der Waals surface area contributed by atoms with E-state index in [1.54, 1.807) is 20.8 Å². The van der Waals surface area contributed by atoms with E-state index in [2.05, 4.69) is 10.9 Å². The molecule has 1 aliphatic rings. The molecule has 0 spiro atoms. The lowest BCUT2D eigenvalue weighted by Gasteiger charge is -2.18. The van der Waals surface area contributed by atoms with Crippen molar-refractivity contribution in [2.24, 2.45) is 10.9 Å². The van der Waals surface area contributed by atoms with Crippen molar-refractivity contribution < 1.29 is 14.3 Å². The van der Waals surface area contributed by atoms with Crippen molar-refractivity contribution in [1.82, 2.24) is 5.32 Å². The Kier molecular flexibility index (Phi) is 3.89. The normalized spacial score (nSPS) is 16.0. The zero-order valence-electron chi connectivity index (χ0n) is 10.2. The molecule has 17 heavy (non-hydrogen) atoms. The molecular formula is C12H16N2O3. The fourth-order valence-electron chi connectivity index (χ4n) is 1.13. The molecule has 92 valence electrons. The van der Waals surface area contributed by atoms with Gasteiger partial charge in [-0.1, -0.05) is 5.92 Å². The highest BCUT2D eigenvalue weighted by molar-refractivity contribution is 6.09. The number of rotatable bonds is 1. The number of hydrogen-bond acceptors (Lipinski definition) is 3. The molecule has 0 saturated heterocycles. The number of urea groups is 1. The number of nitrogens with one attached hydrogen (secondary N) is 1. The van der Waals surface area contributed by atoms with Crippen LogP contribution in [0.3, 0.4) is 0 Å². The number of carbonyl (C=O) groups excluding carboxylic acids is 2. The van der Waals surface area contributed by atoms with Gasteiger partial charge in [0, 0.05) is 5.92 Å². The van der Waals surface area contributed by atoms with Crippen molar-refractivity contribution in [3.63, 3.8) is 0 Å². The second-order valence-corrected chi connectivity index (χ2v) is 4.85. The van der Waals surface area contributed by atoms with E-state index >= 15 is 0 Å². The molecule has 0 unspecified atom stereocenters. The summed E-state index contributed by atoms with van der Waals surface area (Å²) in [6.45, 7) is 5.12. The Bertz CT molecular complexity index is 395. The summed E-state index contributed by atoms with van der Waals surface area (Å²) in [6, 6.07) is -0.779. The van der Waals surface area contributed by atoms with E-state index in [1.807, 2.05) is 5.32 Å². The number of amides is 3. The molecule has 0 atom stereocenters. The Morgan fingerprint density at radius 2 is 2.00 bits per heavy atom. The van der Waals surface area contributed by atoms with Crippen LogP contribution in [0.25, 0.3) is 0 Å². The predicted octanol–water partition coefficient (Wildman–Crippen LogP) is 2.12. The molecule has 0 aliphatic heterocycles. The van der Waals surface area contributed by atoms with Gasteiger partial charge in [-0.25, -0.2) is 14.9 Å². The van der Waals surface area contributed by atoms with Gasteiger partial charge < -0.3 is 4.74 Å². The third kappa shape index (κ3) is 5.16. The van der Waals surface area contributed by atoms with E-state index in [4.69, 9.17) is 11.2 Å². The maximum atomic E-state index is 11.3. The summed E-state index contributed by atoms with van der Waals surface area (Å²) >= 11 is 0. The summed E-state index contributed by atoms with van der Waals surface area (Å²) in [6.07, 6.45) is 6.29. The molecule has 0 heterocycles. The van der Waals surface area contributed by atoms with Gasteiger partial charge in [0.15, 0.2) is 0 Å². The molecule has 1 saturated carbocycles. The molecule has 0 aromatic heterocycles. The van der Waals surface area contributed by atoms with E-state index in [1.165, 1.54) is 0 Å². The minimum Gasteiger partial charge on any atom is -0.443 e. The van der Waals surface area contributed by atoms with E-state index < -0.39 is 17.7 Å². The lowest BCUT2D eigenvalue weighted by atomic mass is 10.2. The zero-order chi connectivity index (χ0) is 13.1. The van der Waals surface area contributed by atoms with Crippen molar-refractivity contribution in [2.45, 2.75) is 39.2 Å². The van der Waals surface area contributed by atoms with Gasteiger partial charge in [0.25, 0.3) is 0 Å². The number of imide groups is 1. The van der Waals surface area contributed by atoms with Crippen LogP contribution in [0.5, 0.6) is 0 Å². The van der Waals surface area contributed by atoms with Gasteiger partial charge in [-0.15, -0.1) is 6.42 Å². The molecule has 1 fully saturated rings. The van der Waals surface area contributed by atoms with Gasteiger partial charge in [0.1, 0.15) is 5.60 Å². The third-order valence-electron chi connectivity index (χ3n) is 1.94.